The van der Waals surface area contributed by atoms with Crippen LogP contribution >= 0.6 is 0 Å². The summed E-state index contributed by atoms with van der Waals surface area (Å²) in [6.07, 6.45) is 1.38. The number of hydrogen-bond acceptors (Lipinski definition) is 6. The van der Waals surface area contributed by atoms with Gasteiger partial charge in [-0.05, 0) is 37.0 Å². The lowest BCUT2D eigenvalue weighted by molar-refractivity contribution is 0.0576. The van der Waals surface area contributed by atoms with Gasteiger partial charge in [0, 0.05) is 37.8 Å². The van der Waals surface area contributed by atoms with Crippen molar-refractivity contribution in [2.45, 2.75) is 43.7 Å². The molecule has 0 N–H and O–H groups in total. The van der Waals surface area contributed by atoms with E-state index < -0.39 is 15.9 Å². The van der Waals surface area contributed by atoms with Crippen LogP contribution in [0.2, 0.25) is 0 Å². The molecule has 1 aliphatic carbocycles. The number of carbonyl (C=O) groups is 2. The molecule has 2 amide bonds. The van der Waals surface area contributed by atoms with Gasteiger partial charge in [0.25, 0.3) is 21.8 Å². The Bertz CT molecular complexity index is 1000. The van der Waals surface area contributed by atoms with Crippen LogP contribution in [0.3, 0.4) is 0 Å². The molecule has 29 heavy (non-hydrogen) atoms. The summed E-state index contributed by atoms with van der Waals surface area (Å²) in [6.45, 7) is 6.14. The van der Waals surface area contributed by atoms with Gasteiger partial charge in [0.05, 0.1) is 11.6 Å². The molecule has 1 unspecified atom stereocenters. The Labute approximate surface area is 170 Å². The zero-order chi connectivity index (χ0) is 20.9. The van der Waals surface area contributed by atoms with Crippen LogP contribution in [-0.2, 0) is 10.0 Å². The Morgan fingerprint density at radius 3 is 2.38 bits per heavy atom. The van der Waals surface area contributed by atoms with Crippen molar-refractivity contribution >= 4 is 21.8 Å². The molecule has 1 saturated carbocycles. The monoisotopic (exact) mass is 416 g/mol. The van der Waals surface area contributed by atoms with E-state index >= 15 is 0 Å². The van der Waals surface area contributed by atoms with Crippen LogP contribution in [0.4, 0.5) is 0 Å². The number of nitrogens with zero attached hydrogens (tertiary/aromatic N) is 4. The van der Waals surface area contributed by atoms with Crippen LogP contribution in [-0.4, -0.2) is 72.6 Å². The molecule has 0 bridgehead atoms. The zero-order valence-electron chi connectivity index (χ0n) is 16.5. The number of benzene rings is 1. The Balaban J connectivity index is 1.51. The molecule has 0 aromatic heterocycles. The molecule has 1 atom stereocenters. The molecule has 0 radical (unpaired) electrons. The van der Waals surface area contributed by atoms with Crippen molar-refractivity contribution < 1.29 is 18.0 Å². The van der Waals surface area contributed by atoms with Gasteiger partial charge < -0.3 is 4.90 Å². The van der Waals surface area contributed by atoms with Gasteiger partial charge in [-0.25, -0.2) is 12.7 Å². The van der Waals surface area contributed by atoms with Crippen molar-refractivity contribution in [3.8, 4) is 6.07 Å². The maximum absolute atomic E-state index is 12.9. The van der Waals surface area contributed by atoms with Gasteiger partial charge in [-0.1, -0.05) is 13.8 Å². The highest BCUT2D eigenvalue weighted by molar-refractivity contribution is 7.90. The molecule has 2 aliphatic heterocycles. The molecule has 9 heteroatoms. The second kappa shape index (κ2) is 7.11. The summed E-state index contributed by atoms with van der Waals surface area (Å²) in [5.74, 6) is -0.541. The van der Waals surface area contributed by atoms with Crippen LogP contribution in [0.15, 0.2) is 23.1 Å². The van der Waals surface area contributed by atoms with Gasteiger partial charge in [-0.15, -0.1) is 0 Å². The van der Waals surface area contributed by atoms with Crippen molar-refractivity contribution in [2.75, 3.05) is 26.2 Å². The van der Waals surface area contributed by atoms with Gasteiger partial charge in [-0.2, -0.15) is 5.26 Å². The van der Waals surface area contributed by atoms with Crippen molar-refractivity contribution in [3.63, 3.8) is 0 Å². The number of sulfonamides is 1. The topological polar surface area (TPSA) is 102 Å². The number of piperazine rings is 1. The highest BCUT2D eigenvalue weighted by Crippen LogP contribution is 2.39. The first-order chi connectivity index (χ1) is 13.8. The maximum Gasteiger partial charge on any atom is 0.269 e. The average Bonchev–Trinajstić information content (AvgIpc) is 3.49. The normalized spacial score (nSPS) is 22.5. The third-order valence-corrected chi connectivity index (χ3v) is 7.71. The molecule has 0 spiro atoms. The molecular weight excluding hydrogens is 392 g/mol. The third-order valence-electron chi connectivity index (χ3n) is 5.83. The molecule has 2 heterocycles. The Kier molecular flexibility index (Phi) is 4.87. The first-order valence-electron chi connectivity index (χ1n) is 9.91. The molecule has 2 fully saturated rings. The van der Waals surface area contributed by atoms with Gasteiger partial charge in [0.1, 0.15) is 10.9 Å². The summed E-state index contributed by atoms with van der Waals surface area (Å²) < 4.78 is 26.5. The van der Waals surface area contributed by atoms with E-state index in [0.717, 1.165) is 4.31 Å². The van der Waals surface area contributed by atoms with E-state index in [-0.39, 0.29) is 39.9 Å². The van der Waals surface area contributed by atoms with Crippen LogP contribution in [0.1, 0.15) is 47.4 Å². The van der Waals surface area contributed by atoms with E-state index in [1.807, 2.05) is 13.8 Å². The molecule has 154 valence electrons. The summed E-state index contributed by atoms with van der Waals surface area (Å²) in [7, 11) is -3.88. The molecular formula is C20H24N4O4S. The van der Waals surface area contributed by atoms with Crippen molar-refractivity contribution in [1.82, 2.24) is 14.1 Å². The summed E-state index contributed by atoms with van der Waals surface area (Å²) in [5.41, 5.74) is 0.416. The minimum absolute atomic E-state index is 0.0664. The SMILES string of the molecule is CC(C)C(C#N)N1CCN(C(=O)c2ccc3c(c2)S(=O)(=O)N(C2CC2)C3=O)CC1. The van der Waals surface area contributed by atoms with Gasteiger partial charge in [0.15, 0.2) is 0 Å². The lowest BCUT2D eigenvalue weighted by atomic mass is 10.0. The fourth-order valence-corrected chi connectivity index (χ4v) is 5.93. The fraction of sp³-hybridized carbons (Fsp3) is 0.550. The second-order valence-corrected chi connectivity index (χ2v) is 9.98. The summed E-state index contributed by atoms with van der Waals surface area (Å²) in [5, 5.41) is 9.37. The summed E-state index contributed by atoms with van der Waals surface area (Å²) in [6, 6.07) is 6.21. The minimum Gasteiger partial charge on any atom is -0.336 e. The van der Waals surface area contributed by atoms with E-state index in [1.165, 1.54) is 18.2 Å². The minimum atomic E-state index is -3.88. The number of fused-ring (bicyclic) bond motifs is 1. The number of amides is 2. The lowest BCUT2D eigenvalue weighted by Crippen LogP contribution is -2.52. The molecule has 8 nitrogen and oxygen atoms in total. The van der Waals surface area contributed by atoms with Gasteiger partial charge in [0.2, 0.25) is 0 Å². The third kappa shape index (κ3) is 3.30. The zero-order valence-corrected chi connectivity index (χ0v) is 17.4. The van der Waals surface area contributed by atoms with E-state index in [2.05, 4.69) is 11.0 Å². The molecule has 3 aliphatic rings. The first-order valence-corrected chi connectivity index (χ1v) is 11.4. The van der Waals surface area contributed by atoms with Crippen molar-refractivity contribution in [3.05, 3.63) is 29.3 Å². The van der Waals surface area contributed by atoms with Crippen LogP contribution < -0.4 is 0 Å². The number of hydrogen-bond donors (Lipinski definition) is 0. The second-order valence-electron chi connectivity index (χ2n) is 8.19. The molecule has 1 aromatic carbocycles. The Morgan fingerprint density at radius 1 is 1.17 bits per heavy atom. The number of rotatable bonds is 4. The predicted molar refractivity (Wildman–Crippen MR) is 105 cm³/mol. The van der Waals surface area contributed by atoms with E-state index in [4.69, 9.17) is 0 Å². The van der Waals surface area contributed by atoms with Gasteiger partial charge in [-0.3, -0.25) is 14.5 Å². The predicted octanol–water partition coefficient (Wildman–Crippen LogP) is 1.30. The number of carbonyl (C=O) groups excluding carboxylic acids is 2. The summed E-state index contributed by atoms with van der Waals surface area (Å²) in [4.78, 5) is 29.1. The van der Waals surface area contributed by atoms with Crippen molar-refractivity contribution in [2.24, 2.45) is 5.92 Å². The van der Waals surface area contributed by atoms with Crippen molar-refractivity contribution in [1.29, 1.82) is 5.26 Å². The highest BCUT2D eigenvalue weighted by Gasteiger charge is 2.49. The van der Waals surface area contributed by atoms with E-state index in [0.29, 0.717) is 39.0 Å². The maximum atomic E-state index is 12.9. The number of nitriles is 1. The van der Waals surface area contributed by atoms with Gasteiger partial charge >= 0.3 is 0 Å². The summed E-state index contributed by atoms with van der Waals surface area (Å²) >= 11 is 0. The highest BCUT2D eigenvalue weighted by atomic mass is 32.2. The molecule has 4 rings (SSSR count). The molecule has 1 saturated heterocycles. The quantitative estimate of drug-likeness (QED) is 0.733. The smallest absolute Gasteiger partial charge is 0.269 e. The van der Waals surface area contributed by atoms with Crippen LogP contribution in [0.5, 0.6) is 0 Å². The van der Waals surface area contributed by atoms with E-state index in [1.54, 1.807) is 4.90 Å². The molecule has 1 aromatic rings. The van der Waals surface area contributed by atoms with E-state index in [9.17, 15) is 23.3 Å². The largest absolute Gasteiger partial charge is 0.336 e. The van der Waals surface area contributed by atoms with Crippen LogP contribution in [0, 0.1) is 17.2 Å². The van der Waals surface area contributed by atoms with Crippen LogP contribution in [0.25, 0.3) is 0 Å². The standard InChI is InChI=1S/C20H24N4O4S/c1-13(2)17(12-21)22-7-9-23(10-8-22)19(25)14-3-6-16-18(11-14)29(27,28)24(20(16)26)15-4-5-15/h3,6,11,13,15,17H,4-5,7-10H2,1-2H3. The lowest BCUT2D eigenvalue weighted by Gasteiger charge is -2.38. The Morgan fingerprint density at radius 2 is 1.83 bits per heavy atom. The Hall–Kier alpha value is -2.44. The first kappa shape index (κ1) is 19.9. The fourth-order valence-electron chi connectivity index (χ4n) is 4.09. The average molecular weight is 417 g/mol.